The van der Waals surface area contributed by atoms with Gasteiger partial charge in [-0.25, -0.2) is 4.84 Å². The molecule has 6 aliphatic rings. The van der Waals surface area contributed by atoms with E-state index in [1.807, 2.05) is 0 Å². The van der Waals surface area contributed by atoms with Gasteiger partial charge in [-0.2, -0.15) is 0 Å². The summed E-state index contributed by atoms with van der Waals surface area (Å²) in [6, 6.07) is -0.950. The minimum absolute atomic E-state index is 0.0213. The number of fused-ring (bicyclic) bond motifs is 2. The minimum Gasteiger partial charge on any atom is -0.481 e. The number of aliphatic carboxylic acids is 1. The van der Waals surface area contributed by atoms with Crippen molar-refractivity contribution in [3.05, 3.63) is 0 Å². The molecule has 1 saturated heterocycles. The van der Waals surface area contributed by atoms with Gasteiger partial charge in [0.2, 0.25) is 0 Å². The summed E-state index contributed by atoms with van der Waals surface area (Å²) in [5.41, 5.74) is -2.49. The van der Waals surface area contributed by atoms with E-state index in [2.05, 4.69) is 39.5 Å². The average Bonchev–Trinajstić information content (AvgIpc) is 3.29. The standard InChI is InChI=1S/C35H56ClNO8/c1-29(2)23(39)10-13-35-18-34(35)15-14-31(5)26(33(7)12-11-24(45-33)30(3,4)43)20(38)17-32(31,6)22(34)16-21(27(29)35)44-28(42)19(37-36)8-9-25(40)41/h19-24,26-27,37-39,43H,8-18H2,1-7H3,(H,40,41)/t19?,20-,21-,22?,23-,24-,26-,27-,31+,32-,33+,34?,35+/m0/s1. The van der Waals surface area contributed by atoms with Gasteiger partial charge in [-0.1, -0.05) is 27.7 Å². The van der Waals surface area contributed by atoms with Gasteiger partial charge in [-0.05, 0) is 130 Å². The number of carbonyl (C=O) groups is 2. The third kappa shape index (κ3) is 4.63. The molecule has 3 unspecified atom stereocenters. The first-order valence-electron chi connectivity index (χ1n) is 17.3. The van der Waals surface area contributed by atoms with Crippen molar-refractivity contribution in [2.75, 3.05) is 0 Å². The van der Waals surface area contributed by atoms with Gasteiger partial charge in [0.1, 0.15) is 12.1 Å². The van der Waals surface area contributed by atoms with Crippen molar-refractivity contribution < 1.29 is 39.5 Å². The molecule has 5 aliphatic carbocycles. The molecule has 13 atom stereocenters. The molecule has 9 nitrogen and oxygen atoms in total. The quantitative estimate of drug-likeness (QED) is 0.181. The Morgan fingerprint density at radius 1 is 1.00 bits per heavy atom. The Hall–Kier alpha value is -0.970. The molecule has 0 radical (unpaired) electrons. The molecule has 0 bridgehead atoms. The highest BCUT2D eigenvalue weighted by molar-refractivity contribution is 6.14. The van der Waals surface area contributed by atoms with Crippen LogP contribution in [0, 0.1) is 44.8 Å². The van der Waals surface area contributed by atoms with Crippen LogP contribution in [0.3, 0.4) is 0 Å². The van der Waals surface area contributed by atoms with Crippen LogP contribution in [0.4, 0.5) is 0 Å². The van der Waals surface area contributed by atoms with E-state index in [4.69, 9.17) is 21.3 Å². The summed E-state index contributed by atoms with van der Waals surface area (Å²) in [5.74, 6) is -1.50. The normalized spacial score (nSPS) is 50.5. The van der Waals surface area contributed by atoms with Crippen molar-refractivity contribution in [2.24, 2.45) is 44.8 Å². The lowest BCUT2D eigenvalue weighted by molar-refractivity contribution is -0.221. The number of aliphatic hydroxyl groups is 3. The molecule has 10 heteroatoms. The third-order valence-electron chi connectivity index (χ3n) is 15.1. The lowest BCUT2D eigenvalue weighted by Crippen LogP contribution is -2.63. The van der Waals surface area contributed by atoms with Gasteiger partial charge < -0.3 is 29.9 Å². The van der Waals surface area contributed by atoms with E-state index in [0.717, 1.165) is 38.5 Å². The van der Waals surface area contributed by atoms with E-state index in [-0.39, 0.29) is 58.4 Å². The van der Waals surface area contributed by atoms with Crippen LogP contribution >= 0.6 is 11.8 Å². The summed E-state index contributed by atoms with van der Waals surface area (Å²) in [7, 11) is 0. The minimum atomic E-state index is -1.01. The lowest BCUT2D eigenvalue weighted by atomic mass is 9.41. The van der Waals surface area contributed by atoms with E-state index in [1.54, 1.807) is 13.8 Å². The van der Waals surface area contributed by atoms with E-state index < -0.39 is 52.9 Å². The number of hydrogen-bond donors (Lipinski definition) is 5. The van der Waals surface area contributed by atoms with Crippen LogP contribution < -0.4 is 4.84 Å². The molecule has 45 heavy (non-hydrogen) atoms. The smallest absolute Gasteiger partial charge is 0.324 e. The maximum atomic E-state index is 13.6. The van der Waals surface area contributed by atoms with Crippen LogP contribution in [0.5, 0.6) is 0 Å². The number of ether oxygens (including phenoxy) is 2. The fourth-order valence-corrected chi connectivity index (χ4v) is 13.1. The first-order chi connectivity index (χ1) is 20.7. The van der Waals surface area contributed by atoms with E-state index in [9.17, 15) is 30.0 Å². The zero-order valence-electron chi connectivity index (χ0n) is 28.2. The van der Waals surface area contributed by atoms with Gasteiger partial charge >= 0.3 is 11.9 Å². The number of nitrogens with one attached hydrogen (secondary N) is 1. The largest absolute Gasteiger partial charge is 0.481 e. The van der Waals surface area contributed by atoms with Gasteiger partial charge in [0.05, 0.1) is 29.5 Å². The van der Waals surface area contributed by atoms with Gasteiger partial charge in [-0.3, -0.25) is 9.59 Å². The van der Waals surface area contributed by atoms with Crippen molar-refractivity contribution in [3.8, 4) is 0 Å². The number of carbonyl (C=O) groups excluding carboxylic acids is 1. The molecule has 5 saturated carbocycles. The molecule has 0 aromatic rings. The highest BCUT2D eigenvalue weighted by Crippen LogP contribution is 2.89. The molecule has 5 N–H and O–H groups in total. The van der Waals surface area contributed by atoms with Gasteiger partial charge in [-0.15, -0.1) is 0 Å². The maximum Gasteiger partial charge on any atom is 0.324 e. The summed E-state index contributed by atoms with van der Waals surface area (Å²) in [4.78, 5) is 27.3. The molecule has 1 aliphatic heterocycles. The fraction of sp³-hybridized carbons (Fsp3) is 0.943. The SMILES string of the molecule is CC(C)(O)[C@@H]1CC[C@](C)([C@H]2[C@@H](O)C[C@@]3(C)C4C[C@H](OC(=O)C(CCC(=O)O)NCl)[C@H]5C(C)(C)[C@@H](O)CC[C@@]56CC46CC[C@]23C)O1. The summed E-state index contributed by atoms with van der Waals surface area (Å²) in [6.45, 7) is 14.7. The Kier molecular flexibility index (Phi) is 7.92. The van der Waals surface area contributed by atoms with Crippen LogP contribution in [0.1, 0.15) is 119 Å². The van der Waals surface area contributed by atoms with Crippen molar-refractivity contribution in [3.63, 3.8) is 0 Å². The van der Waals surface area contributed by atoms with Gasteiger partial charge in [0.25, 0.3) is 0 Å². The second-order valence-corrected chi connectivity index (χ2v) is 18.1. The summed E-state index contributed by atoms with van der Waals surface area (Å²) >= 11 is 5.95. The predicted molar refractivity (Wildman–Crippen MR) is 168 cm³/mol. The molecule has 6 fully saturated rings. The number of aliphatic hydroxyl groups excluding tert-OH is 2. The Bertz CT molecular complexity index is 1220. The van der Waals surface area contributed by atoms with Gasteiger partial charge in [0, 0.05) is 18.3 Å². The zero-order valence-corrected chi connectivity index (χ0v) is 29.0. The highest BCUT2D eigenvalue weighted by Gasteiger charge is 2.85. The van der Waals surface area contributed by atoms with Crippen LogP contribution in [0.2, 0.25) is 0 Å². The van der Waals surface area contributed by atoms with Crippen molar-refractivity contribution in [2.45, 2.75) is 161 Å². The zero-order chi connectivity index (χ0) is 33.2. The average molecular weight is 654 g/mol. The summed E-state index contributed by atoms with van der Waals surface area (Å²) in [6.07, 6.45) is 5.46. The van der Waals surface area contributed by atoms with Crippen LogP contribution in [0.25, 0.3) is 0 Å². The molecule has 1 heterocycles. The topological polar surface area (TPSA) is 146 Å². The van der Waals surface area contributed by atoms with Crippen LogP contribution in [-0.4, -0.2) is 74.0 Å². The number of hydrogen-bond acceptors (Lipinski definition) is 8. The Morgan fingerprint density at radius 2 is 1.69 bits per heavy atom. The molecule has 0 aromatic carbocycles. The Morgan fingerprint density at radius 3 is 2.29 bits per heavy atom. The lowest BCUT2D eigenvalue weighted by Gasteiger charge is -2.64. The number of halogens is 1. The second kappa shape index (κ2) is 10.5. The monoisotopic (exact) mass is 653 g/mol. The van der Waals surface area contributed by atoms with Crippen molar-refractivity contribution >= 4 is 23.7 Å². The van der Waals surface area contributed by atoms with E-state index in [1.165, 1.54) is 0 Å². The molecule has 256 valence electrons. The number of rotatable bonds is 8. The van der Waals surface area contributed by atoms with E-state index >= 15 is 0 Å². The second-order valence-electron chi connectivity index (χ2n) is 17.9. The first kappa shape index (κ1) is 33.9. The van der Waals surface area contributed by atoms with Crippen molar-refractivity contribution in [1.29, 1.82) is 0 Å². The van der Waals surface area contributed by atoms with E-state index in [0.29, 0.717) is 19.3 Å². The molecule has 2 spiro atoms. The number of carboxylic acid groups (broad SMARTS) is 1. The fourth-order valence-electron chi connectivity index (χ4n) is 12.9. The maximum absolute atomic E-state index is 13.6. The third-order valence-corrected chi connectivity index (χ3v) is 15.3. The number of esters is 1. The van der Waals surface area contributed by atoms with Crippen LogP contribution in [-0.2, 0) is 19.1 Å². The molecular weight excluding hydrogens is 598 g/mol. The van der Waals surface area contributed by atoms with Crippen LogP contribution in [0.15, 0.2) is 0 Å². The Labute approximate surface area is 273 Å². The molecule has 0 aromatic heterocycles. The predicted octanol–water partition coefficient (Wildman–Crippen LogP) is 4.96. The highest BCUT2D eigenvalue weighted by atomic mass is 35.5. The molecular formula is C35H56ClNO8. The number of carboxylic acids is 1. The van der Waals surface area contributed by atoms with Crippen molar-refractivity contribution in [1.82, 2.24) is 4.84 Å². The van der Waals surface area contributed by atoms with Gasteiger partial charge in [0.15, 0.2) is 0 Å². The summed E-state index contributed by atoms with van der Waals surface area (Å²) in [5, 5.41) is 43.3. The Balaban J connectivity index is 1.36. The first-order valence-corrected chi connectivity index (χ1v) is 17.6. The summed E-state index contributed by atoms with van der Waals surface area (Å²) < 4.78 is 13.1. The molecule has 6 rings (SSSR count). The molecule has 0 amide bonds.